The third-order valence-corrected chi connectivity index (χ3v) is 8.04. The highest BCUT2D eigenvalue weighted by molar-refractivity contribution is 5.69. The van der Waals surface area contributed by atoms with E-state index in [1.165, 1.54) is 141 Å². The van der Waals surface area contributed by atoms with E-state index in [-0.39, 0.29) is 12.1 Å². The van der Waals surface area contributed by atoms with Crippen LogP contribution in [0.3, 0.4) is 0 Å². The molecule has 0 atom stereocenters. The second-order valence-electron chi connectivity index (χ2n) is 12.2. The van der Waals surface area contributed by atoms with Crippen molar-refractivity contribution in [2.45, 2.75) is 200 Å². The van der Waals surface area contributed by atoms with E-state index in [1.54, 1.807) is 0 Å². The summed E-state index contributed by atoms with van der Waals surface area (Å²) >= 11 is 0. The fraction of sp³-hybridized carbons (Fsp3) is 0.775. The Bertz CT molecular complexity index is 609. The van der Waals surface area contributed by atoms with Crippen LogP contribution >= 0.6 is 0 Å². The van der Waals surface area contributed by atoms with Gasteiger partial charge in [0, 0.05) is 6.42 Å². The van der Waals surface area contributed by atoms with E-state index in [0.717, 1.165) is 25.7 Å². The molecule has 0 saturated heterocycles. The first-order chi connectivity index (χ1) is 20.7. The molecular formula is C40H72O2. The molecule has 244 valence electrons. The molecule has 0 aromatic heterocycles. The van der Waals surface area contributed by atoms with Crippen molar-refractivity contribution in [2.75, 3.05) is 0 Å². The molecule has 42 heavy (non-hydrogen) atoms. The molecular weight excluding hydrogens is 512 g/mol. The van der Waals surface area contributed by atoms with Crippen LogP contribution in [0.4, 0.5) is 0 Å². The first-order valence-electron chi connectivity index (χ1n) is 18.5. The van der Waals surface area contributed by atoms with Gasteiger partial charge < -0.3 is 4.74 Å². The summed E-state index contributed by atoms with van der Waals surface area (Å²) in [6.45, 7) is 6.42. The van der Waals surface area contributed by atoms with Crippen molar-refractivity contribution in [3.8, 4) is 0 Å². The smallest absolute Gasteiger partial charge is 0.305 e. The second kappa shape index (κ2) is 35.6. The summed E-state index contributed by atoms with van der Waals surface area (Å²) < 4.78 is 5.78. The van der Waals surface area contributed by atoms with E-state index in [2.05, 4.69) is 62.5 Å². The molecule has 0 aliphatic carbocycles. The summed E-state index contributed by atoms with van der Waals surface area (Å²) in [7, 11) is 0. The predicted molar refractivity (Wildman–Crippen MR) is 188 cm³/mol. The molecule has 0 bridgehead atoms. The van der Waals surface area contributed by atoms with Crippen LogP contribution in [0.1, 0.15) is 194 Å². The molecule has 0 rings (SSSR count). The Hall–Kier alpha value is -1.57. The molecule has 0 aromatic carbocycles. The highest BCUT2D eigenvalue weighted by Crippen LogP contribution is 2.18. The van der Waals surface area contributed by atoms with Crippen LogP contribution < -0.4 is 0 Å². The largest absolute Gasteiger partial charge is 0.462 e. The normalized spacial score (nSPS) is 12.9. The van der Waals surface area contributed by atoms with Gasteiger partial charge in [-0.3, -0.25) is 4.79 Å². The molecule has 0 fully saturated rings. The summed E-state index contributed by atoms with van der Waals surface area (Å²) in [6.07, 6.45) is 51.9. The molecule has 0 saturated carbocycles. The fourth-order valence-corrected chi connectivity index (χ4v) is 5.25. The van der Waals surface area contributed by atoms with Crippen molar-refractivity contribution in [1.29, 1.82) is 0 Å². The Kier molecular flexibility index (Phi) is 34.3. The van der Waals surface area contributed by atoms with Crippen LogP contribution in [0.2, 0.25) is 0 Å². The van der Waals surface area contributed by atoms with Gasteiger partial charge in [-0.25, -0.2) is 0 Å². The minimum absolute atomic E-state index is 0.0277. The van der Waals surface area contributed by atoms with E-state index in [0.29, 0.717) is 6.42 Å². The Labute approximate surface area is 263 Å². The topological polar surface area (TPSA) is 26.3 Å². The number of esters is 1. The number of allylic oxidation sites excluding steroid dienone is 8. The van der Waals surface area contributed by atoms with E-state index in [1.807, 2.05) is 6.92 Å². The summed E-state index contributed by atoms with van der Waals surface area (Å²) in [5.41, 5.74) is 0. The number of carbonyl (C=O) groups is 1. The number of unbranched alkanes of at least 4 members (excludes halogenated alkanes) is 18. The number of ether oxygens (including phenoxy) is 1. The average Bonchev–Trinajstić information content (AvgIpc) is 3.00. The molecule has 0 amide bonds. The van der Waals surface area contributed by atoms with Gasteiger partial charge in [-0.1, -0.05) is 146 Å². The van der Waals surface area contributed by atoms with E-state index < -0.39 is 0 Å². The Morgan fingerprint density at radius 3 is 1.14 bits per heavy atom. The van der Waals surface area contributed by atoms with E-state index in [4.69, 9.17) is 4.74 Å². The molecule has 0 aromatic rings. The van der Waals surface area contributed by atoms with Crippen molar-refractivity contribution < 1.29 is 9.53 Å². The standard InChI is InChI=1S/C40H72O2/c1-4-7-9-11-13-15-17-19-21-23-25-27-29-31-33-35-37-39(42-40(41)6-3)38-36-34-32-30-28-26-24-22-20-18-16-14-12-10-8-5-2/h13-16,19-22,39H,4-12,17-18,23-38H2,1-3H3. The summed E-state index contributed by atoms with van der Waals surface area (Å²) in [6, 6.07) is 0. The van der Waals surface area contributed by atoms with Gasteiger partial charge in [-0.2, -0.15) is 0 Å². The third kappa shape index (κ3) is 32.9. The second-order valence-corrected chi connectivity index (χ2v) is 12.2. The molecule has 0 aliphatic heterocycles. The molecule has 2 nitrogen and oxygen atoms in total. The van der Waals surface area contributed by atoms with Gasteiger partial charge >= 0.3 is 5.97 Å². The maximum absolute atomic E-state index is 11.9. The maximum Gasteiger partial charge on any atom is 0.305 e. The number of carbonyl (C=O) groups excluding carboxylic acids is 1. The van der Waals surface area contributed by atoms with Crippen LogP contribution in [-0.2, 0) is 9.53 Å². The van der Waals surface area contributed by atoms with Crippen molar-refractivity contribution >= 4 is 5.97 Å². The molecule has 2 heteroatoms. The van der Waals surface area contributed by atoms with Crippen molar-refractivity contribution in [3.05, 3.63) is 48.6 Å². The number of hydrogen-bond acceptors (Lipinski definition) is 2. The minimum atomic E-state index is -0.0277. The maximum atomic E-state index is 11.9. The van der Waals surface area contributed by atoms with Crippen molar-refractivity contribution in [2.24, 2.45) is 0 Å². The zero-order valence-electron chi connectivity index (χ0n) is 28.6. The lowest BCUT2D eigenvalue weighted by atomic mass is 10.0. The lowest BCUT2D eigenvalue weighted by Crippen LogP contribution is -2.17. The summed E-state index contributed by atoms with van der Waals surface area (Å²) in [5, 5.41) is 0. The van der Waals surface area contributed by atoms with Crippen LogP contribution in [0.15, 0.2) is 48.6 Å². The molecule has 0 N–H and O–H groups in total. The first kappa shape index (κ1) is 40.4. The molecule has 0 aliphatic rings. The van der Waals surface area contributed by atoms with Crippen LogP contribution in [0.5, 0.6) is 0 Å². The van der Waals surface area contributed by atoms with Crippen LogP contribution in [0, 0.1) is 0 Å². The lowest BCUT2D eigenvalue weighted by Gasteiger charge is -2.17. The van der Waals surface area contributed by atoms with Crippen LogP contribution in [-0.4, -0.2) is 12.1 Å². The van der Waals surface area contributed by atoms with Gasteiger partial charge in [-0.05, 0) is 89.9 Å². The number of hydrogen-bond donors (Lipinski definition) is 0. The van der Waals surface area contributed by atoms with Gasteiger partial charge in [0.05, 0.1) is 0 Å². The SMILES string of the molecule is CCCCCC=CCC=CCCCCCCCCC(CCCCCCCCC=CCC=CCCCCC)OC(=O)CC. The Morgan fingerprint density at radius 2 is 0.786 bits per heavy atom. The number of rotatable bonds is 32. The van der Waals surface area contributed by atoms with Gasteiger partial charge in [0.15, 0.2) is 0 Å². The van der Waals surface area contributed by atoms with Crippen LogP contribution in [0.25, 0.3) is 0 Å². The Morgan fingerprint density at radius 1 is 0.452 bits per heavy atom. The van der Waals surface area contributed by atoms with Gasteiger partial charge in [0.25, 0.3) is 0 Å². The monoisotopic (exact) mass is 585 g/mol. The summed E-state index contributed by atoms with van der Waals surface area (Å²) in [5.74, 6) is -0.0277. The average molecular weight is 585 g/mol. The van der Waals surface area contributed by atoms with Crippen molar-refractivity contribution in [3.63, 3.8) is 0 Å². The molecule has 0 heterocycles. The first-order valence-corrected chi connectivity index (χ1v) is 18.5. The predicted octanol–water partition coefficient (Wildman–Crippen LogP) is 13.7. The van der Waals surface area contributed by atoms with Gasteiger partial charge in [0.1, 0.15) is 6.10 Å². The lowest BCUT2D eigenvalue weighted by molar-refractivity contribution is -0.149. The van der Waals surface area contributed by atoms with Gasteiger partial charge in [-0.15, -0.1) is 0 Å². The zero-order valence-corrected chi connectivity index (χ0v) is 28.6. The fourth-order valence-electron chi connectivity index (χ4n) is 5.25. The molecule has 0 unspecified atom stereocenters. The van der Waals surface area contributed by atoms with E-state index >= 15 is 0 Å². The minimum Gasteiger partial charge on any atom is -0.462 e. The van der Waals surface area contributed by atoms with Gasteiger partial charge in [0.2, 0.25) is 0 Å². The third-order valence-electron chi connectivity index (χ3n) is 8.04. The molecule has 0 radical (unpaired) electrons. The quantitative estimate of drug-likeness (QED) is 0.0446. The highest BCUT2D eigenvalue weighted by Gasteiger charge is 2.13. The van der Waals surface area contributed by atoms with Crippen molar-refractivity contribution in [1.82, 2.24) is 0 Å². The highest BCUT2D eigenvalue weighted by atomic mass is 16.5. The summed E-state index contributed by atoms with van der Waals surface area (Å²) in [4.78, 5) is 11.9. The molecule has 0 spiro atoms. The zero-order chi connectivity index (χ0) is 30.6. The Balaban J connectivity index is 3.72. The van der Waals surface area contributed by atoms with E-state index in [9.17, 15) is 4.79 Å².